The average molecular weight is 288 g/mol. The average Bonchev–Trinajstić information content (AvgIpc) is 2.49. The summed E-state index contributed by atoms with van der Waals surface area (Å²) in [6.07, 6.45) is 3.34. The molecule has 21 heavy (non-hydrogen) atoms. The van der Waals surface area contributed by atoms with Crippen molar-refractivity contribution in [1.82, 2.24) is 0 Å². The smallest absolute Gasteiger partial charge is 0.313 e. The molecule has 3 fully saturated rings. The number of rotatable bonds is 4. The first-order valence-electron chi connectivity index (χ1n) is 8.20. The zero-order chi connectivity index (χ0) is 14.9. The molecule has 2 unspecified atom stereocenters. The van der Waals surface area contributed by atoms with Gasteiger partial charge in [0.15, 0.2) is 6.10 Å². The predicted octanol–water partition coefficient (Wildman–Crippen LogP) is 2.96. The number of esters is 1. The van der Waals surface area contributed by atoms with Crippen LogP contribution in [0.3, 0.4) is 0 Å². The van der Waals surface area contributed by atoms with Crippen molar-refractivity contribution in [2.24, 2.45) is 5.92 Å². The van der Waals surface area contributed by atoms with E-state index in [9.17, 15) is 4.79 Å². The van der Waals surface area contributed by atoms with Crippen molar-refractivity contribution in [2.75, 3.05) is 26.7 Å². The van der Waals surface area contributed by atoms with Crippen LogP contribution >= 0.6 is 0 Å². The van der Waals surface area contributed by atoms with Crippen LogP contribution in [-0.2, 0) is 9.53 Å². The highest BCUT2D eigenvalue weighted by atomic mass is 16.5. The Labute approximate surface area is 127 Å². The van der Waals surface area contributed by atoms with E-state index in [1.54, 1.807) is 0 Å². The summed E-state index contributed by atoms with van der Waals surface area (Å²) < 4.78 is 7.02. The number of nitrogens with zero attached hydrogens (tertiary/aromatic N) is 1. The van der Waals surface area contributed by atoms with Crippen LogP contribution in [0.2, 0.25) is 0 Å². The van der Waals surface area contributed by atoms with Gasteiger partial charge in [-0.15, -0.1) is 0 Å². The van der Waals surface area contributed by atoms with Gasteiger partial charge in [0.05, 0.1) is 26.1 Å². The second-order valence-corrected chi connectivity index (χ2v) is 6.93. The van der Waals surface area contributed by atoms with Crippen molar-refractivity contribution >= 4 is 5.97 Å². The Morgan fingerprint density at radius 3 is 2.52 bits per heavy atom. The molecule has 0 amide bonds. The first kappa shape index (κ1) is 14.6. The van der Waals surface area contributed by atoms with Crippen molar-refractivity contribution in [3.8, 4) is 0 Å². The first-order valence-corrected chi connectivity index (χ1v) is 8.20. The molecule has 4 rings (SSSR count). The van der Waals surface area contributed by atoms with E-state index < -0.39 is 0 Å². The molecule has 0 N–H and O–H groups in total. The van der Waals surface area contributed by atoms with Crippen LogP contribution in [0, 0.1) is 5.92 Å². The quantitative estimate of drug-likeness (QED) is 0.629. The van der Waals surface area contributed by atoms with Crippen LogP contribution in [0.1, 0.15) is 37.7 Å². The Bertz CT molecular complexity index is 491. The third-order valence-electron chi connectivity index (χ3n) is 5.39. The van der Waals surface area contributed by atoms with Gasteiger partial charge in [0, 0.05) is 18.8 Å². The van der Waals surface area contributed by atoms with Crippen LogP contribution in [0.25, 0.3) is 0 Å². The van der Waals surface area contributed by atoms with Crippen LogP contribution in [0.15, 0.2) is 30.3 Å². The van der Waals surface area contributed by atoms with E-state index in [-0.39, 0.29) is 18.0 Å². The molecule has 0 aromatic heterocycles. The minimum absolute atomic E-state index is 0.0333. The minimum atomic E-state index is -0.119. The van der Waals surface area contributed by atoms with Crippen molar-refractivity contribution in [3.63, 3.8) is 0 Å². The van der Waals surface area contributed by atoms with Gasteiger partial charge in [0.1, 0.15) is 6.54 Å². The fourth-order valence-electron chi connectivity index (χ4n) is 3.94. The van der Waals surface area contributed by atoms with Gasteiger partial charge in [-0.3, -0.25) is 4.79 Å². The van der Waals surface area contributed by atoms with Gasteiger partial charge in [-0.2, -0.15) is 0 Å². The van der Waals surface area contributed by atoms with Gasteiger partial charge in [0.2, 0.25) is 0 Å². The molecule has 2 bridgehead atoms. The number of quaternary nitrogens is 1. The molecule has 0 radical (unpaired) electrons. The summed E-state index contributed by atoms with van der Waals surface area (Å²) in [6, 6.07) is 10.0. The third kappa shape index (κ3) is 2.98. The van der Waals surface area contributed by atoms with Crippen molar-refractivity contribution < 1.29 is 14.0 Å². The topological polar surface area (TPSA) is 26.3 Å². The fourth-order valence-corrected chi connectivity index (χ4v) is 3.94. The van der Waals surface area contributed by atoms with Gasteiger partial charge in [0.25, 0.3) is 0 Å². The van der Waals surface area contributed by atoms with Gasteiger partial charge < -0.3 is 9.22 Å². The highest BCUT2D eigenvalue weighted by Crippen LogP contribution is 2.35. The molecule has 3 aliphatic heterocycles. The monoisotopic (exact) mass is 288 g/mol. The van der Waals surface area contributed by atoms with E-state index in [0.717, 1.165) is 23.0 Å². The van der Waals surface area contributed by atoms with Crippen LogP contribution in [-0.4, -0.2) is 43.2 Å². The minimum Gasteiger partial charge on any atom is -0.456 e. The van der Waals surface area contributed by atoms with E-state index >= 15 is 0 Å². The van der Waals surface area contributed by atoms with E-state index in [1.807, 2.05) is 30.3 Å². The summed E-state index contributed by atoms with van der Waals surface area (Å²) in [5.74, 6) is 0.434. The van der Waals surface area contributed by atoms with E-state index in [0.29, 0.717) is 5.92 Å². The third-order valence-corrected chi connectivity index (χ3v) is 5.39. The zero-order valence-corrected chi connectivity index (χ0v) is 13.1. The maximum absolute atomic E-state index is 12.6. The largest absolute Gasteiger partial charge is 0.456 e. The summed E-state index contributed by atoms with van der Waals surface area (Å²) in [6.45, 7) is 5.55. The van der Waals surface area contributed by atoms with Gasteiger partial charge >= 0.3 is 5.97 Å². The number of hydrogen-bond acceptors (Lipinski definition) is 2. The molecule has 0 spiro atoms. The first-order chi connectivity index (χ1) is 10.1. The highest BCUT2D eigenvalue weighted by molar-refractivity contribution is 5.78. The highest BCUT2D eigenvalue weighted by Gasteiger charge is 2.45. The Balaban J connectivity index is 1.68. The number of carbonyl (C=O) groups excluding carboxylic acids is 1. The Morgan fingerprint density at radius 1 is 1.29 bits per heavy atom. The molecule has 3 heterocycles. The van der Waals surface area contributed by atoms with Gasteiger partial charge in [-0.1, -0.05) is 37.3 Å². The molecule has 114 valence electrons. The molecule has 3 saturated heterocycles. The molecule has 0 aliphatic carbocycles. The molecule has 3 nitrogen and oxygen atoms in total. The molecule has 1 aromatic carbocycles. The Hall–Kier alpha value is -1.35. The lowest BCUT2D eigenvalue weighted by Gasteiger charge is -2.49. The summed E-state index contributed by atoms with van der Waals surface area (Å²) in [5.41, 5.74) is 1.08. The lowest BCUT2D eigenvalue weighted by Crippen LogP contribution is -2.62. The maximum atomic E-state index is 12.6. The van der Waals surface area contributed by atoms with Crippen LogP contribution < -0.4 is 0 Å². The van der Waals surface area contributed by atoms with Crippen molar-refractivity contribution in [1.29, 1.82) is 0 Å². The number of likely N-dealkylation sites (N-methyl/N-ethyl adjacent to an activating group) is 1. The van der Waals surface area contributed by atoms with E-state index in [4.69, 9.17) is 4.74 Å². The number of carbonyl (C=O) groups is 1. The molecule has 3 aliphatic rings. The Morgan fingerprint density at radius 2 is 1.95 bits per heavy atom. The van der Waals surface area contributed by atoms with E-state index in [1.165, 1.54) is 25.9 Å². The predicted molar refractivity (Wildman–Crippen MR) is 82.9 cm³/mol. The second kappa shape index (κ2) is 5.80. The number of piperidine rings is 3. The lowest BCUT2D eigenvalue weighted by atomic mass is 9.83. The summed E-state index contributed by atoms with van der Waals surface area (Å²) >= 11 is 0. The number of benzene rings is 1. The summed E-state index contributed by atoms with van der Waals surface area (Å²) in [5, 5.41) is 0. The Kier molecular flexibility index (Phi) is 4.03. The molecule has 0 saturated carbocycles. The van der Waals surface area contributed by atoms with Gasteiger partial charge in [-0.25, -0.2) is 0 Å². The number of fused-ring (bicyclic) bond motifs is 3. The fraction of sp³-hybridized carbons (Fsp3) is 0.611. The van der Waals surface area contributed by atoms with Crippen molar-refractivity contribution in [2.45, 2.75) is 38.2 Å². The SMILES string of the molecule is CCC(C(=O)OC1C[N+]2(C)CCC1CC2)c1ccccc1. The standard InChI is InChI=1S/C18H26NO2/c1-3-16(14-7-5-4-6-8-14)18(20)21-17-13-19(2)11-9-15(17)10-12-19/h4-8,15-17H,3,9-13H2,1-2H3/q+1. The molecular weight excluding hydrogens is 262 g/mol. The van der Waals surface area contributed by atoms with Gasteiger partial charge in [-0.05, 0) is 12.0 Å². The molecule has 3 heteroatoms. The second-order valence-electron chi connectivity index (χ2n) is 6.93. The lowest BCUT2D eigenvalue weighted by molar-refractivity contribution is -0.928. The summed E-state index contributed by atoms with van der Waals surface area (Å²) in [7, 11) is 2.30. The maximum Gasteiger partial charge on any atom is 0.313 e. The normalized spacial score (nSPS) is 32.7. The van der Waals surface area contributed by atoms with Crippen molar-refractivity contribution in [3.05, 3.63) is 35.9 Å². The molecule has 2 atom stereocenters. The number of hydrogen-bond donors (Lipinski definition) is 0. The molecular formula is C18H26NO2+. The van der Waals surface area contributed by atoms with Crippen LogP contribution in [0.5, 0.6) is 0 Å². The molecule has 1 aromatic rings. The van der Waals surface area contributed by atoms with E-state index in [2.05, 4.69) is 14.0 Å². The number of ether oxygens (including phenoxy) is 1. The zero-order valence-electron chi connectivity index (χ0n) is 13.1. The summed E-state index contributed by atoms with van der Waals surface area (Å²) in [4.78, 5) is 12.6. The van der Waals surface area contributed by atoms with Crippen LogP contribution in [0.4, 0.5) is 0 Å².